The van der Waals surface area contributed by atoms with Crippen molar-refractivity contribution in [3.8, 4) is 0 Å². The molecule has 8 nitrogen and oxygen atoms in total. The third kappa shape index (κ3) is 6.89. The minimum Gasteiger partial charge on any atom is -0.479 e. The number of hydrogen-bond donors (Lipinski definition) is 1. The molecule has 2 atom stereocenters. The van der Waals surface area contributed by atoms with Gasteiger partial charge in [0.2, 0.25) is 0 Å². The summed E-state index contributed by atoms with van der Waals surface area (Å²) in [5.74, 6) is -6.90. The van der Waals surface area contributed by atoms with E-state index in [1.807, 2.05) is 0 Å². The first-order valence-electron chi connectivity index (χ1n) is 11.2. The lowest BCUT2D eigenvalue weighted by molar-refractivity contribution is -0.152. The van der Waals surface area contributed by atoms with E-state index in [2.05, 4.69) is 4.74 Å². The van der Waals surface area contributed by atoms with Crippen molar-refractivity contribution in [2.45, 2.75) is 24.1 Å². The Kier molecular flexibility index (Phi) is 8.64. The van der Waals surface area contributed by atoms with Crippen LogP contribution in [0.5, 0.6) is 0 Å². The number of ether oxygens (including phenoxy) is 3. The van der Waals surface area contributed by atoms with Crippen LogP contribution < -0.4 is 9.80 Å². The number of esters is 1. The van der Waals surface area contributed by atoms with Crippen molar-refractivity contribution in [2.24, 2.45) is 0 Å². The Bertz CT molecular complexity index is 1100. The number of aliphatic carboxylic acids is 1. The van der Waals surface area contributed by atoms with Crippen LogP contribution in [0.3, 0.4) is 0 Å². The van der Waals surface area contributed by atoms with Gasteiger partial charge < -0.3 is 29.1 Å². The topological polar surface area (TPSA) is 88.5 Å². The van der Waals surface area contributed by atoms with E-state index in [9.17, 15) is 27.2 Å². The van der Waals surface area contributed by atoms with Crippen LogP contribution in [-0.2, 0) is 23.8 Å². The maximum Gasteiger partial charge on any atom is 0.339 e. The predicted molar refractivity (Wildman–Crippen MR) is 126 cm³/mol. The van der Waals surface area contributed by atoms with Crippen molar-refractivity contribution in [3.63, 3.8) is 0 Å². The maximum atomic E-state index is 12.8. The van der Waals surface area contributed by atoms with E-state index in [4.69, 9.17) is 14.6 Å². The highest BCUT2D eigenvalue weighted by Crippen LogP contribution is 2.34. The molecule has 202 valence electrons. The molecule has 12 heteroatoms. The number of hydrogen-bond acceptors (Lipinski definition) is 7. The summed E-state index contributed by atoms with van der Waals surface area (Å²) >= 11 is 0. The highest BCUT2D eigenvalue weighted by atomic mass is 19.3. The first kappa shape index (κ1) is 28.2. The number of carbonyl (C=O) groups is 2. The normalized spacial score (nSPS) is 18.9. The van der Waals surface area contributed by atoms with Crippen LogP contribution in [0.15, 0.2) is 48.5 Å². The lowest BCUT2D eigenvalue weighted by atomic mass is 10.0. The Morgan fingerprint density at radius 2 is 1.19 bits per heavy atom. The Balaban J connectivity index is 0.000000206. The molecule has 2 unspecified atom stereocenters. The van der Waals surface area contributed by atoms with E-state index in [0.717, 1.165) is 0 Å². The number of carbonyl (C=O) groups excluding carboxylic acids is 1. The summed E-state index contributed by atoms with van der Waals surface area (Å²) in [5, 5.41) is 8.95. The molecule has 2 aliphatic rings. The van der Waals surface area contributed by atoms with Crippen molar-refractivity contribution >= 4 is 23.3 Å². The standard InChI is InChI=1S/C13H15F2NO3.C12H13F2NO3/c1-18-11(12(17)19-2)9-4-3-5-10(6-9)16-7-13(14,15)8-16;1-18-10(11(16)17)8-3-2-4-9(5-8)15-6-12(13,14)7-15/h3-6,11H,7-8H2,1-2H3;2-5,10H,6-7H2,1H3,(H,16,17). The second-order valence-electron chi connectivity index (χ2n) is 8.71. The number of halogens is 4. The van der Waals surface area contributed by atoms with Gasteiger partial charge in [0.15, 0.2) is 12.2 Å². The number of carboxylic acid groups (broad SMARTS) is 1. The van der Waals surface area contributed by atoms with Gasteiger partial charge in [-0.15, -0.1) is 0 Å². The summed E-state index contributed by atoms with van der Waals surface area (Å²) in [6.45, 7) is -1.26. The lowest BCUT2D eigenvalue weighted by Gasteiger charge is -2.40. The van der Waals surface area contributed by atoms with Gasteiger partial charge in [0.05, 0.1) is 33.3 Å². The zero-order chi connectivity index (χ0) is 27.4. The maximum absolute atomic E-state index is 12.8. The molecule has 0 aliphatic carbocycles. The van der Waals surface area contributed by atoms with Crippen LogP contribution in [0.25, 0.3) is 0 Å². The smallest absolute Gasteiger partial charge is 0.339 e. The van der Waals surface area contributed by atoms with Gasteiger partial charge in [-0.2, -0.15) is 0 Å². The largest absolute Gasteiger partial charge is 0.479 e. The minimum absolute atomic E-state index is 0.299. The molecule has 0 bridgehead atoms. The number of carboxylic acids is 1. The van der Waals surface area contributed by atoms with Crippen LogP contribution in [0.1, 0.15) is 23.3 Å². The minimum atomic E-state index is -2.65. The molecule has 2 heterocycles. The fraction of sp³-hybridized carbons (Fsp3) is 0.440. The molecule has 0 amide bonds. The first-order chi connectivity index (χ1) is 17.4. The number of benzene rings is 2. The van der Waals surface area contributed by atoms with E-state index in [1.54, 1.807) is 53.4 Å². The van der Waals surface area contributed by atoms with Crippen molar-refractivity contribution in [1.82, 2.24) is 0 Å². The second-order valence-corrected chi connectivity index (χ2v) is 8.71. The molecule has 0 spiro atoms. The van der Waals surface area contributed by atoms with Gasteiger partial charge >= 0.3 is 11.9 Å². The number of alkyl halides is 4. The van der Waals surface area contributed by atoms with Crippen molar-refractivity contribution in [3.05, 3.63) is 59.7 Å². The molecule has 1 N–H and O–H groups in total. The summed E-state index contributed by atoms with van der Waals surface area (Å²) in [5.41, 5.74) is 2.26. The zero-order valence-corrected chi connectivity index (χ0v) is 20.5. The van der Waals surface area contributed by atoms with Gasteiger partial charge in [0.25, 0.3) is 11.8 Å². The molecule has 2 aromatic carbocycles. The van der Waals surface area contributed by atoms with E-state index < -0.39 is 36.0 Å². The van der Waals surface area contributed by atoms with E-state index in [1.165, 1.54) is 26.2 Å². The fourth-order valence-corrected chi connectivity index (χ4v) is 4.01. The van der Waals surface area contributed by atoms with Gasteiger partial charge in [0, 0.05) is 25.6 Å². The van der Waals surface area contributed by atoms with Crippen molar-refractivity contribution < 1.29 is 46.5 Å². The number of rotatable bonds is 8. The molecule has 37 heavy (non-hydrogen) atoms. The number of nitrogens with zero attached hydrogens (tertiary/aromatic N) is 2. The molecule has 0 radical (unpaired) electrons. The summed E-state index contributed by atoms with van der Waals surface area (Å²) in [6.07, 6.45) is -1.92. The van der Waals surface area contributed by atoms with Crippen molar-refractivity contribution in [2.75, 3.05) is 57.3 Å². The third-order valence-electron chi connectivity index (χ3n) is 5.88. The van der Waals surface area contributed by atoms with Gasteiger partial charge in [-0.05, 0) is 35.4 Å². The van der Waals surface area contributed by atoms with Gasteiger partial charge in [-0.25, -0.2) is 27.2 Å². The predicted octanol–water partition coefficient (Wildman–Crippen LogP) is 3.92. The summed E-state index contributed by atoms with van der Waals surface area (Å²) in [6, 6.07) is 13.3. The van der Waals surface area contributed by atoms with Crippen LogP contribution >= 0.6 is 0 Å². The molecule has 0 saturated carbocycles. The number of anilines is 2. The zero-order valence-electron chi connectivity index (χ0n) is 20.5. The molecule has 4 rings (SSSR count). The van der Waals surface area contributed by atoms with Crippen LogP contribution in [0.4, 0.5) is 28.9 Å². The molecule has 2 fully saturated rings. The summed E-state index contributed by atoms with van der Waals surface area (Å²) in [7, 11) is 3.96. The quantitative estimate of drug-likeness (QED) is 0.408. The van der Waals surface area contributed by atoms with Crippen LogP contribution in [-0.4, -0.2) is 76.4 Å². The summed E-state index contributed by atoms with van der Waals surface area (Å²) < 4.78 is 65.8. The molecular weight excluding hydrogens is 500 g/mol. The molecule has 2 saturated heterocycles. The van der Waals surface area contributed by atoms with E-state index in [0.29, 0.717) is 22.5 Å². The Hall–Kier alpha value is -3.38. The van der Waals surface area contributed by atoms with E-state index in [-0.39, 0.29) is 26.2 Å². The highest BCUT2D eigenvalue weighted by molar-refractivity contribution is 5.77. The Morgan fingerprint density at radius 3 is 1.51 bits per heavy atom. The Labute approximate surface area is 211 Å². The van der Waals surface area contributed by atoms with Crippen LogP contribution in [0.2, 0.25) is 0 Å². The average Bonchev–Trinajstić information content (AvgIpc) is 2.82. The fourth-order valence-electron chi connectivity index (χ4n) is 4.01. The third-order valence-corrected chi connectivity index (χ3v) is 5.88. The molecule has 0 aromatic heterocycles. The first-order valence-corrected chi connectivity index (χ1v) is 11.2. The summed E-state index contributed by atoms with van der Waals surface area (Å²) in [4.78, 5) is 25.5. The van der Waals surface area contributed by atoms with Gasteiger partial charge in [0.1, 0.15) is 0 Å². The van der Waals surface area contributed by atoms with Gasteiger partial charge in [-0.3, -0.25) is 0 Å². The molecule has 2 aromatic rings. The second kappa shape index (κ2) is 11.3. The van der Waals surface area contributed by atoms with E-state index >= 15 is 0 Å². The molecular formula is C25H28F4N2O6. The van der Waals surface area contributed by atoms with Gasteiger partial charge in [-0.1, -0.05) is 24.3 Å². The van der Waals surface area contributed by atoms with Crippen LogP contribution in [0, 0.1) is 0 Å². The lowest BCUT2D eigenvalue weighted by Crippen LogP contribution is -2.56. The highest BCUT2D eigenvalue weighted by Gasteiger charge is 2.44. The monoisotopic (exact) mass is 528 g/mol. The average molecular weight is 528 g/mol. The van der Waals surface area contributed by atoms with Crippen molar-refractivity contribution in [1.29, 1.82) is 0 Å². The molecule has 2 aliphatic heterocycles. The number of methoxy groups -OCH3 is 3. The Morgan fingerprint density at radius 1 is 0.784 bits per heavy atom. The SMILES string of the molecule is COC(=O)C(OC)c1cccc(N2CC(F)(F)C2)c1.COC(C(=O)O)c1cccc(N2CC(F)(F)C2)c1.